The van der Waals surface area contributed by atoms with E-state index in [4.69, 9.17) is 9.47 Å². The number of carbonyl (C=O) groups is 2. The minimum Gasteiger partial charge on any atom is -0.463 e. The zero-order valence-electron chi connectivity index (χ0n) is 35.3. The van der Waals surface area contributed by atoms with E-state index < -0.39 is 85.5 Å². The molecule has 5 N–H and O–H groups in total. The van der Waals surface area contributed by atoms with E-state index in [0.29, 0.717) is 19.3 Å². The predicted molar refractivity (Wildman–Crippen MR) is 233 cm³/mol. The van der Waals surface area contributed by atoms with Crippen LogP contribution in [-0.4, -0.2) is 95.0 Å². The van der Waals surface area contributed by atoms with Crippen LogP contribution in [-0.2, 0) is 46.3 Å². The van der Waals surface area contributed by atoms with Crippen molar-refractivity contribution < 1.29 is 71.4 Å². The summed E-state index contributed by atoms with van der Waals surface area (Å²) in [4.78, 5) is 43.5. The molecule has 17 heteroatoms. The Kier molecular flexibility index (Phi) is 36.9. The summed E-state index contributed by atoms with van der Waals surface area (Å²) in [5.74, 6) is -1.09. The molecule has 5 atom stereocenters. The van der Waals surface area contributed by atoms with Crippen LogP contribution in [0.4, 0.5) is 0 Å². The lowest BCUT2D eigenvalue weighted by molar-refractivity contribution is -0.148. The van der Waals surface area contributed by atoms with E-state index in [1.165, 1.54) is 0 Å². The summed E-state index contributed by atoms with van der Waals surface area (Å²) in [5, 5.41) is 29.9. The number of phosphoric acid groups is 2. The van der Waals surface area contributed by atoms with Gasteiger partial charge in [-0.05, 0) is 44.9 Å². The van der Waals surface area contributed by atoms with E-state index in [1.807, 2.05) is 72.9 Å². The highest BCUT2D eigenvalue weighted by Crippen LogP contribution is 2.45. The topological polar surface area (TPSA) is 225 Å². The minimum atomic E-state index is -4.80. The van der Waals surface area contributed by atoms with Crippen LogP contribution in [0.3, 0.4) is 0 Å². The highest BCUT2D eigenvalue weighted by molar-refractivity contribution is 7.47. The average molecular weight is 889 g/mol. The summed E-state index contributed by atoms with van der Waals surface area (Å²) >= 11 is 0. The van der Waals surface area contributed by atoms with Gasteiger partial charge >= 0.3 is 27.6 Å². The van der Waals surface area contributed by atoms with Gasteiger partial charge in [-0.3, -0.25) is 27.7 Å². The van der Waals surface area contributed by atoms with Gasteiger partial charge in [-0.2, -0.15) is 0 Å². The standard InChI is InChI=1S/C43H70O15P2/c1-3-5-7-9-11-13-15-17-18-20-22-24-26-28-30-32-43(48)54-34-40(45)36-56-60(51,52)58-38-41(46)37-57-59(49,50)55-35-39(44)33-53-42(47)31-29-27-25-23-21-19-16-14-12-10-8-6-4-2/h5-16,19,21,23,25,39-41,44-46H,3-4,17-18,20,22,24,26-38H2,1-2H3,(H,49,50)(H,51,52)/b7-5+,8-6+,11-9+,12-10+,15-13+,16-14-,21-19-,25-23+. The van der Waals surface area contributed by atoms with Crippen LogP contribution in [0.5, 0.6) is 0 Å². The zero-order chi connectivity index (χ0) is 44.6. The summed E-state index contributed by atoms with van der Waals surface area (Å²) in [5.41, 5.74) is 0. The molecular weight excluding hydrogens is 818 g/mol. The van der Waals surface area contributed by atoms with Crippen LogP contribution in [0.25, 0.3) is 0 Å². The van der Waals surface area contributed by atoms with Gasteiger partial charge in [-0.1, -0.05) is 143 Å². The summed E-state index contributed by atoms with van der Waals surface area (Å²) in [6.45, 7) is -0.0173. The molecule has 0 radical (unpaired) electrons. The Labute approximate surface area is 357 Å². The third-order valence-electron chi connectivity index (χ3n) is 7.72. The first-order chi connectivity index (χ1) is 28.8. The van der Waals surface area contributed by atoms with Crippen molar-refractivity contribution >= 4 is 27.6 Å². The predicted octanol–water partition coefficient (Wildman–Crippen LogP) is 8.37. The second-order valence-electron chi connectivity index (χ2n) is 13.4. The van der Waals surface area contributed by atoms with Gasteiger partial charge in [-0.25, -0.2) is 9.13 Å². The van der Waals surface area contributed by atoms with E-state index in [0.717, 1.165) is 57.8 Å². The summed E-state index contributed by atoms with van der Waals surface area (Å²) in [7, 11) is -9.60. The third kappa shape index (κ3) is 40.4. The van der Waals surface area contributed by atoms with Gasteiger partial charge in [0.25, 0.3) is 0 Å². The quantitative estimate of drug-likeness (QED) is 0.0170. The number of aliphatic hydroxyl groups is 3. The fourth-order valence-electron chi connectivity index (χ4n) is 4.53. The molecule has 0 aromatic rings. The Balaban J connectivity index is 4.03. The first-order valence-electron chi connectivity index (χ1n) is 20.7. The smallest absolute Gasteiger partial charge is 0.463 e. The molecule has 0 saturated heterocycles. The molecule has 0 aromatic heterocycles. The molecule has 0 bridgehead atoms. The molecule has 5 unspecified atom stereocenters. The first kappa shape index (κ1) is 57.0. The van der Waals surface area contributed by atoms with Gasteiger partial charge in [0.05, 0.1) is 26.4 Å². The number of hydrogen-bond donors (Lipinski definition) is 5. The van der Waals surface area contributed by atoms with Crippen LogP contribution in [0.15, 0.2) is 97.2 Å². The van der Waals surface area contributed by atoms with Crippen molar-refractivity contribution in [2.45, 2.75) is 122 Å². The number of esters is 2. The van der Waals surface area contributed by atoms with E-state index in [2.05, 4.69) is 56.2 Å². The van der Waals surface area contributed by atoms with Gasteiger partial charge in [0, 0.05) is 12.8 Å². The molecule has 0 amide bonds. The molecule has 15 nitrogen and oxygen atoms in total. The molecule has 0 aromatic carbocycles. The van der Waals surface area contributed by atoms with E-state index in [1.54, 1.807) is 0 Å². The number of aliphatic hydroxyl groups excluding tert-OH is 3. The van der Waals surface area contributed by atoms with Gasteiger partial charge in [-0.15, -0.1) is 0 Å². The van der Waals surface area contributed by atoms with E-state index in [-0.39, 0.29) is 12.8 Å². The lowest BCUT2D eigenvalue weighted by atomic mass is 10.1. The molecule has 0 aliphatic rings. The summed E-state index contributed by atoms with van der Waals surface area (Å²) in [6, 6.07) is 0. The molecular formula is C43H70O15P2. The SMILES string of the molecule is CC/C=C/C=C/C=C\C=C/C=C/CCCC(=O)OCC(O)COP(=O)(O)OCC(O)COP(=O)(O)OCC(O)COC(=O)CCCCCCCCC/C=C/C=C/C=C/CC. The van der Waals surface area contributed by atoms with Crippen molar-refractivity contribution in [1.29, 1.82) is 0 Å². The number of unbranched alkanes of at least 4 members (excludes halogenated alkanes) is 8. The lowest BCUT2D eigenvalue weighted by Crippen LogP contribution is -2.25. The summed E-state index contributed by atoms with van der Waals surface area (Å²) in [6.07, 6.45) is 38.5. The van der Waals surface area contributed by atoms with E-state index >= 15 is 0 Å². The molecule has 0 aliphatic heterocycles. The van der Waals surface area contributed by atoms with Crippen molar-refractivity contribution in [1.82, 2.24) is 0 Å². The highest BCUT2D eigenvalue weighted by atomic mass is 31.2. The molecule has 0 spiro atoms. The third-order valence-corrected chi connectivity index (χ3v) is 9.63. The number of ether oxygens (including phenoxy) is 2. The Bertz CT molecular complexity index is 1450. The van der Waals surface area contributed by atoms with Crippen LogP contribution in [0.1, 0.15) is 104 Å². The van der Waals surface area contributed by atoms with Crippen molar-refractivity contribution in [2.75, 3.05) is 39.6 Å². The van der Waals surface area contributed by atoms with Crippen molar-refractivity contribution in [3.8, 4) is 0 Å². The summed E-state index contributed by atoms with van der Waals surface area (Å²) < 4.78 is 52.7. The maximum atomic E-state index is 12.1. The monoisotopic (exact) mass is 888 g/mol. The Morgan fingerprint density at radius 1 is 0.433 bits per heavy atom. The van der Waals surface area contributed by atoms with Crippen LogP contribution in [0.2, 0.25) is 0 Å². The maximum absolute atomic E-state index is 12.1. The Morgan fingerprint density at radius 2 is 0.733 bits per heavy atom. The lowest BCUT2D eigenvalue weighted by Gasteiger charge is -2.19. The fraction of sp³-hybridized carbons (Fsp3) is 0.581. The Hall–Kier alpha value is -3.04. The van der Waals surface area contributed by atoms with Crippen molar-refractivity contribution in [3.63, 3.8) is 0 Å². The second kappa shape index (κ2) is 38.9. The molecule has 342 valence electrons. The number of carbonyl (C=O) groups excluding carboxylic acids is 2. The number of allylic oxidation sites excluding steroid dienone is 16. The largest absolute Gasteiger partial charge is 0.472 e. The molecule has 0 fully saturated rings. The van der Waals surface area contributed by atoms with Gasteiger partial charge in [0.15, 0.2) is 0 Å². The first-order valence-corrected chi connectivity index (χ1v) is 23.7. The molecule has 0 aliphatic carbocycles. The molecule has 0 saturated carbocycles. The van der Waals surface area contributed by atoms with Gasteiger partial charge < -0.3 is 34.6 Å². The Morgan fingerprint density at radius 3 is 1.13 bits per heavy atom. The maximum Gasteiger partial charge on any atom is 0.472 e. The van der Waals surface area contributed by atoms with Crippen LogP contribution < -0.4 is 0 Å². The number of hydrogen-bond acceptors (Lipinski definition) is 13. The zero-order valence-corrected chi connectivity index (χ0v) is 37.1. The van der Waals surface area contributed by atoms with Gasteiger partial charge in [0.2, 0.25) is 0 Å². The molecule has 60 heavy (non-hydrogen) atoms. The average Bonchev–Trinajstić information content (AvgIpc) is 3.22. The van der Waals surface area contributed by atoms with Crippen molar-refractivity contribution in [2.24, 2.45) is 0 Å². The second-order valence-corrected chi connectivity index (χ2v) is 16.3. The normalized spacial score (nSPS) is 16.3. The van der Waals surface area contributed by atoms with Crippen LogP contribution in [0, 0.1) is 0 Å². The molecule has 0 rings (SSSR count). The highest BCUT2D eigenvalue weighted by Gasteiger charge is 2.28. The van der Waals surface area contributed by atoms with Crippen LogP contribution >= 0.6 is 15.6 Å². The number of rotatable bonds is 38. The van der Waals surface area contributed by atoms with E-state index in [9.17, 15) is 43.8 Å². The minimum absolute atomic E-state index is 0.0950. The molecule has 0 heterocycles. The van der Waals surface area contributed by atoms with Gasteiger partial charge in [0.1, 0.15) is 31.5 Å². The number of phosphoric ester groups is 2. The van der Waals surface area contributed by atoms with Crippen molar-refractivity contribution in [3.05, 3.63) is 97.2 Å². The fourth-order valence-corrected chi connectivity index (χ4v) is 6.13.